The first-order valence-corrected chi connectivity index (χ1v) is 15.4. The van der Waals surface area contributed by atoms with Crippen molar-refractivity contribution in [2.45, 2.75) is 27.7 Å². The molecule has 0 aliphatic carbocycles. The zero-order valence-corrected chi connectivity index (χ0v) is 28.8. The number of aryl methyl sites for hydroxylation is 2. The van der Waals surface area contributed by atoms with E-state index < -0.39 is 11.9 Å². The molecule has 0 fully saturated rings. The molecular formula is C36H30N8NiO6. The van der Waals surface area contributed by atoms with E-state index in [1.807, 2.05) is 0 Å². The summed E-state index contributed by atoms with van der Waals surface area (Å²) in [6.45, 7) is 7.30. The molecule has 0 spiro atoms. The smallest absolute Gasteiger partial charge is 0.872 e. The molecule has 0 atom stereocenters. The van der Waals surface area contributed by atoms with E-state index in [0.29, 0.717) is 56.2 Å². The van der Waals surface area contributed by atoms with Crippen molar-refractivity contribution in [3.05, 3.63) is 108 Å². The van der Waals surface area contributed by atoms with E-state index >= 15 is 0 Å². The molecule has 4 heterocycles. The number of esters is 2. The van der Waals surface area contributed by atoms with Gasteiger partial charge in [0.1, 0.15) is 11.4 Å². The monoisotopic (exact) mass is 728 g/mol. The van der Waals surface area contributed by atoms with Crippen molar-refractivity contribution >= 4 is 56.8 Å². The van der Waals surface area contributed by atoms with E-state index in [2.05, 4.69) is 40.4 Å². The summed E-state index contributed by atoms with van der Waals surface area (Å²) in [6, 6.07) is 19.4. The summed E-state index contributed by atoms with van der Waals surface area (Å²) in [5, 5.41) is 41.3. The number of carbonyl (C=O) groups is 2. The largest absolute Gasteiger partial charge is 2.00 e. The summed E-state index contributed by atoms with van der Waals surface area (Å²) in [6.07, 6.45) is 3.22. The maximum absolute atomic E-state index is 12.2. The number of fused-ring (bicyclic) bond motifs is 2. The Hall–Kier alpha value is -6.21. The molecule has 260 valence electrons. The third-order valence-corrected chi connectivity index (χ3v) is 7.04. The molecule has 0 bridgehead atoms. The minimum Gasteiger partial charge on any atom is -0.872 e. The van der Waals surface area contributed by atoms with E-state index in [-0.39, 0.29) is 52.3 Å². The van der Waals surface area contributed by atoms with Gasteiger partial charge in [-0.25, -0.2) is 29.5 Å². The molecule has 0 aliphatic heterocycles. The van der Waals surface area contributed by atoms with Crippen molar-refractivity contribution in [1.82, 2.24) is 19.9 Å². The Kier molecular flexibility index (Phi) is 12.9. The van der Waals surface area contributed by atoms with E-state index in [1.54, 1.807) is 88.6 Å². The summed E-state index contributed by atoms with van der Waals surface area (Å²) in [5.74, 6) is -0.610. The van der Waals surface area contributed by atoms with Gasteiger partial charge in [-0.15, -0.1) is 20.5 Å². The summed E-state index contributed by atoms with van der Waals surface area (Å²) in [5.41, 5.74) is 3.10. The number of carbonyl (C=O) groups excluding carboxylic acids is 2. The summed E-state index contributed by atoms with van der Waals surface area (Å²) < 4.78 is 10.0. The van der Waals surface area contributed by atoms with Crippen LogP contribution in [0.5, 0.6) is 11.5 Å². The van der Waals surface area contributed by atoms with Crippen LogP contribution in [0.2, 0.25) is 0 Å². The molecule has 0 N–H and O–H groups in total. The Balaban J connectivity index is 0.000000224. The fraction of sp³-hybridized carbons (Fsp3) is 0.167. The van der Waals surface area contributed by atoms with Gasteiger partial charge in [0.05, 0.1) is 46.8 Å². The van der Waals surface area contributed by atoms with Crippen molar-refractivity contribution in [3.63, 3.8) is 0 Å². The quantitative estimate of drug-likeness (QED) is 0.0876. The van der Waals surface area contributed by atoms with Crippen LogP contribution in [-0.4, -0.2) is 45.1 Å². The van der Waals surface area contributed by atoms with Crippen LogP contribution in [-0.2, 0) is 26.0 Å². The van der Waals surface area contributed by atoms with Gasteiger partial charge < -0.3 is 19.7 Å². The minimum atomic E-state index is -0.505. The topological polar surface area (TPSA) is 200 Å². The predicted molar refractivity (Wildman–Crippen MR) is 181 cm³/mol. The van der Waals surface area contributed by atoms with Gasteiger partial charge in [-0.3, -0.25) is 0 Å². The molecule has 0 aliphatic rings. The molecule has 0 saturated heterocycles. The molecule has 14 nitrogen and oxygen atoms in total. The Morgan fingerprint density at radius 3 is 1.39 bits per heavy atom. The van der Waals surface area contributed by atoms with Crippen LogP contribution in [0.25, 0.3) is 21.8 Å². The Labute approximate surface area is 302 Å². The maximum Gasteiger partial charge on any atom is 2.00 e. The van der Waals surface area contributed by atoms with Gasteiger partial charge in [0.15, 0.2) is 11.6 Å². The third kappa shape index (κ3) is 9.08. The van der Waals surface area contributed by atoms with Crippen LogP contribution in [0.15, 0.2) is 106 Å². The van der Waals surface area contributed by atoms with Crippen LogP contribution in [0.4, 0.5) is 23.0 Å². The zero-order chi connectivity index (χ0) is 35.6. The molecule has 2 aromatic carbocycles. The van der Waals surface area contributed by atoms with Gasteiger partial charge in [0, 0.05) is 12.4 Å². The zero-order valence-electron chi connectivity index (χ0n) is 27.8. The first kappa shape index (κ1) is 37.6. The van der Waals surface area contributed by atoms with E-state index in [9.17, 15) is 19.8 Å². The van der Waals surface area contributed by atoms with Gasteiger partial charge in [0.25, 0.3) is 0 Å². The predicted octanol–water partition coefficient (Wildman–Crippen LogP) is 7.21. The summed E-state index contributed by atoms with van der Waals surface area (Å²) >= 11 is 0. The summed E-state index contributed by atoms with van der Waals surface area (Å²) in [7, 11) is 0. The normalized spacial score (nSPS) is 10.9. The molecule has 0 saturated carbocycles. The number of benzene rings is 2. The third-order valence-electron chi connectivity index (χ3n) is 7.04. The second-order valence-corrected chi connectivity index (χ2v) is 10.4. The molecule has 15 heteroatoms. The molecule has 0 radical (unpaired) electrons. The molecule has 0 unspecified atom stereocenters. The van der Waals surface area contributed by atoms with E-state index in [0.717, 1.165) is 0 Å². The van der Waals surface area contributed by atoms with Gasteiger partial charge in [-0.1, -0.05) is 35.8 Å². The van der Waals surface area contributed by atoms with Gasteiger partial charge in [-0.2, -0.15) is 0 Å². The fourth-order valence-electron chi connectivity index (χ4n) is 4.65. The average molecular weight is 729 g/mol. The number of rotatable bonds is 8. The Morgan fingerprint density at radius 1 is 0.627 bits per heavy atom. The number of nitrogens with zero attached hydrogens (tertiary/aromatic N) is 8. The Bertz CT molecular complexity index is 2080. The van der Waals surface area contributed by atoms with Crippen molar-refractivity contribution < 1.29 is 45.8 Å². The molecule has 6 aromatic rings. The number of ether oxygens (including phenoxy) is 2. The average Bonchev–Trinajstić information content (AvgIpc) is 3.12. The second kappa shape index (κ2) is 17.4. The van der Waals surface area contributed by atoms with Crippen LogP contribution >= 0.6 is 0 Å². The number of pyridine rings is 4. The second-order valence-electron chi connectivity index (χ2n) is 10.4. The maximum atomic E-state index is 12.2. The van der Waals surface area contributed by atoms with Crippen molar-refractivity contribution in [3.8, 4) is 11.5 Å². The minimum absolute atomic E-state index is 0. The van der Waals surface area contributed by atoms with Crippen molar-refractivity contribution in [1.29, 1.82) is 0 Å². The number of hydrogen-bond acceptors (Lipinski definition) is 14. The summed E-state index contributed by atoms with van der Waals surface area (Å²) in [4.78, 5) is 40.9. The first-order valence-electron chi connectivity index (χ1n) is 15.4. The standard InChI is InChI=1S/2C18H16N4O3.Ni/c2*1-3-25-18(24)12-10-13-15(23)8-7-14(17(13)20-11(12)2)21-22-16-6-4-5-9-19-16;/h2*4-10,23H,3H2,1-2H3;/q;;+2/p-2. The van der Waals surface area contributed by atoms with Gasteiger partial charge >= 0.3 is 28.4 Å². The Morgan fingerprint density at radius 2 is 1.04 bits per heavy atom. The molecule has 51 heavy (non-hydrogen) atoms. The fourth-order valence-corrected chi connectivity index (χ4v) is 4.65. The van der Waals surface area contributed by atoms with Crippen LogP contribution in [0, 0.1) is 13.8 Å². The van der Waals surface area contributed by atoms with Crippen LogP contribution in [0.3, 0.4) is 0 Å². The number of azo groups is 2. The van der Waals surface area contributed by atoms with Gasteiger partial charge in [0.2, 0.25) is 0 Å². The van der Waals surface area contributed by atoms with E-state index in [4.69, 9.17) is 9.47 Å². The molecular weight excluding hydrogens is 699 g/mol. The number of aromatic nitrogens is 4. The van der Waals surface area contributed by atoms with Crippen LogP contribution in [0.1, 0.15) is 46.0 Å². The van der Waals surface area contributed by atoms with Crippen LogP contribution < -0.4 is 10.2 Å². The molecule has 0 amide bonds. The molecule has 6 rings (SSSR count). The van der Waals surface area contributed by atoms with E-state index in [1.165, 1.54) is 24.3 Å². The SMILES string of the molecule is CCOC(=O)c1cc2c([O-])ccc(N=Nc3ccccn3)c2nc1C.CCOC(=O)c1cc2c([O-])ccc(N=Nc3ccccn3)c2nc1C.[Ni+2]. The molecule has 4 aromatic heterocycles. The van der Waals surface area contributed by atoms with Gasteiger partial charge in [-0.05, 0) is 87.0 Å². The van der Waals surface area contributed by atoms with Crippen molar-refractivity contribution in [2.75, 3.05) is 13.2 Å². The first-order chi connectivity index (χ1) is 24.2. The van der Waals surface area contributed by atoms with Crippen molar-refractivity contribution in [2.24, 2.45) is 20.5 Å². The number of hydrogen-bond donors (Lipinski definition) is 0.